The van der Waals surface area contributed by atoms with E-state index < -0.39 is 10.1 Å². The molecule has 0 aromatic heterocycles. The average Bonchev–Trinajstić information content (AvgIpc) is 1.30. The molecule has 50 valence electrons. The van der Waals surface area contributed by atoms with Crippen molar-refractivity contribution in [1.29, 1.82) is 0 Å². The largest absolute Gasteiger partial charge is 1.00 e. The van der Waals surface area contributed by atoms with Crippen molar-refractivity contribution in [2.45, 2.75) is 0 Å². The minimum absolute atomic E-state index is 0. The van der Waals surface area contributed by atoms with Crippen LogP contribution in [0, 0.1) is 0 Å². The van der Waals surface area contributed by atoms with E-state index in [1.54, 1.807) is 0 Å². The fourth-order valence-corrected chi connectivity index (χ4v) is 0.447. The normalized spacial score (nSPS) is 8.56. The number of hydrogen-bond acceptors (Lipinski definition) is 3. The first-order chi connectivity index (χ1) is 3.06. The predicted molar refractivity (Wildman–Crippen MR) is 28.5 cm³/mol. The number of hydrogen-bond donors (Lipinski definition) is 1. The second kappa shape index (κ2) is 6.73. The first kappa shape index (κ1) is 16.3. The summed E-state index contributed by atoms with van der Waals surface area (Å²) in [6.07, 6.45) is 1.12. The van der Waals surface area contributed by atoms with Crippen LogP contribution in [0.3, 0.4) is 0 Å². The molecule has 0 rings (SSSR count). The van der Waals surface area contributed by atoms with E-state index in [0.717, 1.165) is 6.08 Å². The van der Waals surface area contributed by atoms with Crippen LogP contribution in [0.15, 0.2) is 12.7 Å². The molecule has 0 amide bonds. The topological polar surface area (TPSA) is 84.4 Å². The smallest absolute Gasteiger partial charge is 0.870 e. The average molecular weight is 162 g/mol. The summed E-state index contributed by atoms with van der Waals surface area (Å²) in [5.74, 6) is -0.368. The van der Waals surface area contributed by atoms with Gasteiger partial charge in [-0.1, -0.05) is 6.08 Å². The zero-order valence-electron chi connectivity index (χ0n) is 5.11. The molecular weight excluding hydrogens is 155 g/mol. The molecule has 0 spiro atoms. The fourth-order valence-electron chi connectivity index (χ4n) is 0.149. The zero-order chi connectivity index (χ0) is 5.91. The molecule has 0 heterocycles. The molecule has 2 N–H and O–H groups in total. The van der Waals surface area contributed by atoms with Gasteiger partial charge in [-0.25, -0.2) is 0 Å². The fraction of sp³-hybridized carbons (Fsp3) is 0.333. The molecule has 0 aliphatic heterocycles. The minimum atomic E-state index is -3.79. The second-order valence-electron chi connectivity index (χ2n) is 1.04. The molecule has 9 heavy (non-hydrogen) atoms. The molecule has 0 atom stereocenters. The summed E-state index contributed by atoms with van der Waals surface area (Å²) in [7, 11) is -3.79. The Morgan fingerprint density at radius 1 is 1.56 bits per heavy atom. The van der Waals surface area contributed by atoms with Crippen molar-refractivity contribution in [3.05, 3.63) is 12.7 Å². The third-order valence-corrected chi connectivity index (χ3v) is 0.985. The summed E-state index contributed by atoms with van der Waals surface area (Å²) >= 11 is 0. The summed E-state index contributed by atoms with van der Waals surface area (Å²) in [4.78, 5) is 0. The van der Waals surface area contributed by atoms with E-state index in [0.29, 0.717) is 0 Å². The van der Waals surface area contributed by atoms with Gasteiger partial charge < -0.3 is 5.48 Å². The molecule has 0 aromatic rings. The summed E-state index contributed by atoms with van der Waals surface area (Å²) < 4.78 is 27.3. The van der Waals surface area contributed by atoms with E-state index in [1.165, 1.54) is 0 Å². The summed E-state index contributed by atoms with van der Waals surface area (Å²) in [5, 5.41) is 0. The van der Waals surface area contributed by atoms with Crippen LogP contribution in [0.2, 0.25) is 0 Å². The van der Waals surface area contributed by atoms with E-state index in [4.69, 9.17) is 4.55 Å². The molecular formula is C3H7NaO4S. The van der Waals surface area contributed by atoms with Gasteiger partial charge in [-0.2, -0.15) is 8.42 Å². The van der Waals surface area contributed by atoms with Crippen LogP contribution in [-0.4, -0.2) is 24.2 Å². The van der Waals surface area contributed by atoms with Crippen molar-refractivity contribution in [3.8, 4) is 0 Å². The monoisotopic (exact) mass is 162 g/mol. The zero-order valence-corrected chi connectivity index (χ0v) is 7.93. The quantitative estimate of drug-likeness (QED) is 0.264. The molecule has 0 aromatic carbocycles. The van der Waals surface area contributed by atoms with Crippen molar-refractivity contribution < 1.29 is 48.0 Å². The van der Waals surface area contributed by atoms with Gasteiger partial charge >= 0.3 is 29.6 Å². The van der Waals surface area contributed by atoms with Gasteiger partial charge in [-0.05, 0) is 0 Å². The van der Waals surface area contributed by atoms with Gasteiger partial charge in [-0.3, -0.25) is 4.55 Å². The van der Waals surface area contributed by atoms with Crippen LogP contribution in [0.25, 0.3) is 0 Å². The number of rotatable bonds is 2. The van der Waals surface area contributed by atoms with E-state index in [-0.39, 0.29) is 40.8 Å². The van der Waals surface area contributed by atoms with Crippen LogP contribution < -0.4 is 29.6 Å². The van der Waals surface area contributed by atoms with Crippen LogP contribution in [-0.2, 0) is 10.1 Å². The Labute approximate surface area is 76.3 Å². The molecule has 4 nitrogen and oxygen atoms in total. The molecule has 0 saturated heterocycles. The van der Waals surface area contributed by atoms with Crippen LogP contribution in [0.4, 0.5) is 0 Å². The van der Waals surface area contributed by atoms with E-state index >= 15 is 0 Å². The van der Waals surface area contributed by atoms with Crippen LogP contribution >= 0.6 is 0 Å². The van der Waals surface area contributed by atoms with Crippen LogP contribution in [0.1, 0.15) is 0 Å². The SMILES string of the molecule is C=CCS(=O)(=O)O.[Na+].[OH-]. The Morgan fingerprint density at radius 3 is 1.89 bits per heavy atom. The molecule has 6 heteroatoms. The molecule has 0 fully saturated rings. The standard InChI is InChI=1S/C3H6O3S.Na.H2O/c1-2-3-7(4,5)6;;/h2H,1,3H2,(H,4,5,6);;1H2/q;+1;/p-1. The Bertz CT molecular complexity index is 149. The van der Waals surface area contributed by atoms with E-state index in [2.05, 4.69) is 6.58 Å². The molecule has 0 aliphatic carbocycles. The first-order valence-corrected chi connectivity index (χ1v) is 3.23. The van der Waals surface area contributed by atoms with Gasteiger partial charge in [0, 0.05) is 0 Å². The van der Waals surface area contributed by atoms with E-state index in [1.807, 2.05) is 0 Å². The van der Waals surface area contributed by atoms with Gasteiger partial charge in [0.15, 0.2) is 0 Å². The molecule has 0 bridgehead atoms. The summed E-state index contributed by atoms with van der Waals surface area (Å²) in [5.41, 5.74) is 0. The Hall–Kier alpha value is 0.610. The maximum Gasteiger partial charge on any atom is 1.00 e. The van der Waals surface area contributed by atoms with Crippen molar-refractivity contribution in [1.82, 2.24) is 0 Å². The molecule has 0 radical (unpaired) electrons. The van der Waals surface area contributed by atoms with Crippen molar-refractivity contribution >= 4 is 10.1 Å². The Kier molecular flexibility index (Phi) is 12.2. The maximum atomic E-state index is 9.72. The third kappa shape index (κ3) is 17.7. The summed E-state index contributed by atoms with van der Waals surface area (Å²) in [6.45, 7) is 3.11. The van der Waals surface area contributed by atoms with Crippen molar-refractivity contribution in [2.24, 2.45) is 0 Å². The molecule has 0 unspecified atom stereocenters. The van der Waals surface area contributed by atoms with E-state index in [9.17, 15) is 8.42 Å². The van der Waals surface area contributed by atoms with Gasteiger partial charge in [0.05, 0.1) is 5.75 Å². The van der Waals surface area contributed by atoms with Gasteiger partial charge in [0.25, 0.3) is 10.1 Å². The van der Waals surface area contributed by atoms with Gasteiger partial charge in [0.2, 0.25) is 0 Å². The van der Waals surface area contributed by atoms with Crippen LogP contribution in [0.5, 0.6) is 0 Å². The first-order valence-electron chi connectivity index (χ1n) is 1.62. The Morgan fingerprint density at radius 2 is 1.89 bits per heavy atom. The van der Waals surface area contributed by atoms with Crippen molar-refractivity contribution in [2.75, 3.05) is 5.75 Å². The van der Waals surface area contributed by atoms with Gasteiger partial charge in [0.1, 0.15) is 0 Å². The maximum absolute atomic E-state index is 9.72. The molecule has 0 saturated carbocycles. The second-order valence-corrected chi connectivity index (χ2v) is 2.53. The van der Waals surface area contributed by atoms with Gasteiger partial charge in [-0.15, -0.1) is 6.58 Å². The minimum Gasteiger partial charge on any atom is -0.870 e. The van der Waals surface area contributed by atoms with Crippen molar-refractivity contribution in [3.63, 3.8) is 0 Å². The molecule has 0 aliphatic rings. The Balaban J connectivity index is -0.000000180. The third-order valence-electron chi connectivity index (χ3n) is 0.328. The predicted octanol–water partition coefficient (Wildman–Crippen LogP) is -3.11. The summed E-state index contributed by atoms with van der Waals surface area (Å²) in [6, 6.07) is 0.